The van der Waals surface area contributed by atoms with Gasteiger partial charge < -0.3 is 8.83 Å². The topological polar surface area (TPSA) is 90.7 Å². The number of nitrogens with zero attached hydrogens (tertiary/aromatic N) is 5. The highest BCUT2D eigenvalue weighted by Gasteiger charge is 2.18. The molecule has 0 fully saturated rings. The van der Waals surface area contributed by atoms with Gasteiger partial charge in [-0.25, -0.2) is 19.9 Å². The average Bonchev–Trinajstić information content (AvgIpc) is 3.89. The number of rotatable bonds is 6. The van der Waals surface area contributed by atoms with E-state index in [1.54, 1.807) is 12.4 Å². The van der Waals surface area contributed by atoms with Crippen molar-refractivity contribution in [2.45, 2.75) is 0 Å². The quantitative estimate of drug-likeness (QED) is 0.169. The number of hydrogen-bond acceptors (Lipinski definition) is 7. The van der Waals surface area contributed by atoms with E-state index in [1.807, 2.05) is 84.9 Å². The molecule has 0 unspecified atom stereocenters. The summed E-state index contributed by atoms with van der Waals surface area (Å²) < 4.78 is 12.6. The summed E-state index contributed by atoms with van der Waals surface area (Å²) in [6.07, 6.45) is 3.48. The molecule has 0 spiro atoms. The monoisotopic (exact) mass is 719 g/mol. The molecule has 262 valence electrons. The van der Waals surface area contributed by atoms with E-state index in [0.29, 0.717) is 40.0 Å². The fourth-order valence-corrected chi connectivity index (χ4v) is 7.54. The van der Waals surface area contributed by atoms with Crippen molar-refractivity contribution in [3.05, 3.63) is 176 Å². The smallest absolute Gasteiger partial charge is 0.229 e. The van der Waals surface area contributed by atoms with Crippen LogP contribution in [0.1, 0.15) is 0 Å². The Hall–Kier alpha value is -7.77. The van der Waals surface area contributed by atoms with Crippen LogP contribution in [0.3, 0.4) is 0 Å². The van der Waals surface area contributed by atoms with Gasteiger partial charge in [0, 0.05) is 39.9 Å². The van der Waals surface area contributed by atoms with Crippen molar-refractivity contribution >= 4 is 43.8 Å². The highest BCUT2D eigenvalue weighted by molar-refractivity contribution is 6.14. The largest absolute Gasteiger partial charge is 0.454 e. The van der Waals surface area contributed by atoms with Gasteiger partial charge in [0.05, 0.1) is 5.56 Å². The standard InChI is InChI=1S/C49H29N5O2/c1-3-10-31(11-4-1)46-52-47(32-12-5-2-6-13-32)54-48(53-46)33-19-17-30(18-20-33)36-23-24-37(39-16-8-7-15-38(36)39)34-21-22-40-41-25-26-42-44(45(41)55-43(40)28-34)51-49(56-42)35-14-9-27-50-29-35/h1-29H. The van der Waals surface area contributed by atoms with Crippen molar-refractivity contribution in [1.29, 1.82) is 0 Å². The average molecular weight is 720 g/mol. The molecule has 11 aromatic rings. The van der Waals surface area contributed by atoms with Gasteiger partial charge in [-0.15, -0.1) is 0 Å². The molecule has 11 rings (SSSR count). The lowest BCUT2D eigenvalue weighted by Crippen LogP contribution is -2.00. The summed E-state index contributed by atoms with van der Waals surface area (Å²) in [7, 11) is 0. The SMILES string of the molecule is c1ccc(-c2nc(-c3ccccc3)nc(-c3ccc(-c4ccc(-c5ccc6c(c5)oc5c6ccc6oc(-c7cccnc7)nc65)c5ccccc45)cc3)n2)cc1. The maximum absolute atomic E-state index is 6.54. The van der Waals surface area contributed by atoms with Gasteiger partial charge in [0.15, 0.2) is 34.2 Å². The van der Waals surface area contributed by atoms with E-state index in [4.69, 9.17) is 28.8 Å². The second-order valence-corrected chi connectivity index (χ2v) is 13.7. The second kappa shape index (κ2) is 13.0. The van der Waals surface area contributed by atoms with Gasteiger partial charge in [0.25, 0.3) is 0 Å². The molecule has 0 aliphatic rings. The highest BCUT2D eigenvalue weighted by atomic mass is 16.4. The molecular weight excluding hydrogens is 691 g/mol. The van der Waals surface area contributed by atoms with Crippen LogP contribution in [-0.2, 0) is 0 Å². The minimum atomic E-state index is 0.517. The first kappa shape index (κ1) is 31.7. The first-order chi connectivity index (χ1) is 27.7. The van der Waals surface area contributed by atoms with E-state index in [1.165, 1.54) is 0 Å². The van der Waals surface area contributed by atoms with Crippen molar-refractivity contribution < 1.29 is 8.83 Å². The molecule has 0 aliphatic carbocycles. The molecule has 0 radical (unpaired) electrons. The number of benzene rings is 7. The Morgan fingerprint density at radius 2 is 0.911 bits per heavy atom. The molecule has 0 bridgehead atoms. The number of furan rings is 1. The van der Waals surface area contributed by atoms with Crippen molar-refractivity contribution in [2.75, 3.05) is 0 Å². The molecule has 0 atom stereocenters. The zero-order chi connectivity index (χ0) is 37.0. The second-order valence-electron chi connectivity index (χ2n) is 13.7. The predicted octanol–water partition coefficient (Wildman–Crippen LogP) is 12.5. The van der Waals surface area contributed by atoms with E-state index in [0.717, 1.165) is 71.6 Å². The van der Waals surface area contributed by atoms with Crippen LogP contribution in [0.15, 0.2) is 185 Å². The Balaban J connectivity index is 0.963. The molecule has 0 saturated carbocycles. The number of hydrogen-bond donors (Lipinski definition) is 0. The minimum Gasteiger partial charge on any atom is -0.454 e. The molecule has 7 heteroatoms. The molecule has 0 N–H and O–H groups in total. The lowest BCUT2D eigenvalue weighted by atomic mass is 9.91. The summed E-state index contributed by atoms with van der Waals surface area (Å²) in [6.45, 7) is 0. The lowest BCUT2D eigenvalue weighted by Gasteiger charge is -2.13. The van der Waals surface area contributed by atoms with Crippen LogP contribution < -0.4 is 0 Å². The molecular formula is C49H29N5O2. The molecule has 7 aromatic carbocycles. The van der Waals surface area contributed by atoms with E-state index < -0.39 is 0 Å². The third-order valence-corrected chi connectivity index (χ3v) is 10.3. The van der Waals surface area contributed by atoms with E-state index in [-0.39, 0.29) is 0 Å². The van der Waals surface area contributed by atoms with Gasteiger partial charge in [0.2, 0.25) is 5.89 Å². The van der Waals surface area contributed by atoms with Crippen LogP contribution >= 0.6 is 0 Å². The van der Waals surface area contributed by atoms with Crippen LogP contribution in [0.4, 0.5) is 0 Å². The van der Waals surface area contributed by atoms with Crippen LogP contribution in [0.2, 0.25) is 0 Å². The van der Waals surface area contributed by atoms with E-state index in [9.17, 15) is 0 Å². The highest BCUT2D eigenvalue weighted by Crippen LogP contribution is 2.40. The Morgan fingerprint density at radius 3 is 1.55 bits per heavy atom. The van der Waals surface area contributed by atoms with Gasteiger partial charge in [-0.05, 0) is 69.4 Å². The normalized spacial score (nSPS) is 11.6. The molecule has 4 aromatic heterocycles. The van der Waals surface area contributed by atoms with Gasteiger partial charge in [0.1, 0.15) is 5.58 Å². The summed E-state index contributed by atoms with van der Waals surface area (Å²) in [5.74, 6) is 2.43. The Labute approximate surface area is 320 Å². The van der Waals surface area contributed by atoms with Gasteiger partial charge in [-0.1, -0.05) is 127 Å². The number of fused-ring (bicyclic) bond motifs is 6. The van der Waals surface area contributed by atoms with Gasteiger partial charge in [-0.3, -0.25) is 4.98 Å². The minimum absolute atomic E-state index is 0.517. The Kier molecular flexibility index (Phi) is 7.35. The first-order valence-corrected chi connectivity index (χ1v) is 18.4. The lowest BCUT2D eigenvalue weighted by molar-refractivity contribution is 0.619. The number of aromatic nitrogens is 5. The maximum Gasteiger partial charge on any atom is 0.229 e. The third-order valence-electron chi connectivity index (χ3n) is 10.3. The van der Waals surface area contributed by atoms with E-state index in [2.05, 4.69) is 83.8 Å². The molecule has 4 heterocycles. The van der Waals surface area contributed by atoms with Crippen molar-refractivity contribution in [3.63, 3.8) is 0 Å². The number of pyridine rings is 1. The van der Waals surface area contributed by atoms with Gasteiger partial charge >= 0.3 is 0 Å². The van der Waals surface area contributed by atoms with Crippen molar-refractivity contribution in [3.8, 4) is 67.9 Å². The van der Waals surface area contributed by atoms with Crippen LogP contribution in [0, 0.1) is 0 Å². The fraction of sp³-hybridized carbons (Fsp3) is 0. The zero-order valence-corrected chi connectivity index (χ0v) is 29.8. The van der Waals surface area contributed by atoms with Crippen molar-refractivity contribution in [1.82, 2.24) is 24.9 Å². The van der Waals surface area contributed by atoms with Gasteiger partial charge in [-0.2, -0.15) is 0 Å². The van der Waals surface area contributed by atoms with Crippen LogP contribution in [-0.4, -0.2) is 24.9 Å². The predicted molar refractivity (Wildman–Crippen MR) is 223 cm³/mol. The third kappa shape index (κ3) is 5.41. The maximum atomic E-state index is 6.54. The summed E-state index contributed by atoms with van der Waals surface area (Å²) in [4.78, 5) is 23.7. The summed E-state index contributed by atoms with van der Waals surface area (Å²) in [5, 5.41) is 4.34. The summed E-state index contributed by atoms with van der Waals surface area (Å²) in [6, 6.07) is 55.8. The molecule has 0 saturated heterocycles. The molecule has 7 nitrogen and oxygen atoms in total. The van der Waals surface area contributed by atoms with E-state index >= 15 is 0 Å². The fourth-order valence-electron chi connectivity index (χ4n) is 7.54. The molecule has 56 heavy (non-hydrogen) atoms. The van der Waals surface area contributed by atoms with Crippen LogP contribution in [0.25, 0.3) is 112 Å². The molecule has 0 amide bonds. The summed E-state index contributed by atoms with van der Waals surface area (Å²) in [5.41, 5.74) is 10.9. The Bertz CT molecular complexity index is 3170. The zero-order valence-electron chi connectivity index (χ0n) is 29.8. The first-order valence-electron chi connectivity index (χ1n) is 18.4. The number of oxazole rings is 1. The Morgan fingerprint density at radius 1 is 0.357 bits per heavy atom. The molecule has 0 aliphatic heterocycles. The van der Waals surface area contributed by atoms with Crippen molar-refractivity contribution in [2.24, 2.45) is 0 Å². The summed E-state index contributed by atoms with van der Waals surface area (Å²) >= 11 is 0. The van der Waals surface area contributed by atoms with Crippen LogP contribution in [0.5, 0.6) is 0 Å².